The Bertz CT molecular complexity index is 885. The maximum Gasteiger partial charge on any atom is 0.266 e. The smallest absolute Gasteiger partial charge is 0.266 e. The molecule has 1 aliphatic rings. The minimum absolute atomic E-state index is 0.111. The number of para-hydroxylation sites is 1. The van der Waals surface area contributed by atoms with Crippen molar-refractivity contribution in [1.29, 1.82) is 0 Å². The second kappa shape index (κ2) is 9.42. The number of amidine groups is 1. The summed E-state index contributed by atoms with van der Waals surface area (Å²) in [6, 6.07) is 14.7. The Morgan fingerprint density at radius 1 is 1.19 bits per heavy atom. The Kier molecular flexibility index (Phi) is 6.96. The molecule has 0 saturated carbocycles. The molecule has 1 saturated heterocycles. The highest BCUT2D eigenvalue weighted by Gasteiger charge is 2.33. The van der Waals surface area contributed by atoms with Crippen molar-refractivity contribution in [3.63, 3.8) is 0 Å². The summed E-state index contributed by atoms with van der Waals surface area (Å²) in [6.45, 7) is 3.42. The molecule has 2 aromatic carbocycles. The first-order valence-corrected chi connectivity index (χ1v) is 10.0. The lowest BCUT2D eigenvalue weighted by molar-refractivity contribution is -0.122. The van der Waals surface area contributed by atoms with Gasteiger partial charge < -0.3 is 4.74 Å². The molecular formula is C20H18Cl2N2O2S. The molecule has 0 radical (unpaired) electrons. The van der Waals surface area contributed by atoms with Crippen molar-refractivity contribution in [2.75, 3.05) is 19.8 Å². The molecule has 140 valence electrons. The maximum absolute atomic E-state index is 12.9. The molecule has 0 aromatic heterocycles. The topological polar surface area (TPSA) is 41.9 Å². The summed E-state index contributed by atoms with van der Waals surface area (Å²) in [4.78, 5) is 19.7. The predicted octanol–water partition coefficient (Wildman–Crippen LogP) is 5.63. The van der Waals surface area contributed by atoms with Gasteiger partial charge >= 0.3 is 0 Å². The van der Waals surface area contributed by atoms with Crippen LogP contribution < -0.4 is 0 Å². The number of thioether (sulfide) groups is 1. The number of benzene rings is 2. The van der Waals surface area contributed by atoms with Crippen LogP contribution in [0.15, 0.2) is 58.4 Å². The molecule has 3 rings (SSSR count). The highest BCUT2D eigenvalue weighted by Crippen LogP contribution is 2.35. The molecule has 0 bridgehead atoms. The molecule has 0 aliphatic carbocycles. The van der Waals surface area contributed by atoms with Crippen LogP contribution in [0.4, 0.5) is 5.69 Å². The van der Waals surface area contributed by atoms with E-state index < -0.39 is 0 Å². The number of nitrogens with zero attached hydrogens (tertiary/aromatic N) is 2. The van der Waals surface area contributed by atoms with Gasteiger partial charge in [0, 0.05) is 16.7 Å². The second-order valence-corrected chi connectivity index (χ2v) is 7.51. The van der Waals surface area contributed by atoms with E-state index in [4.69, 9.17) is 27.9 Å². The number of rotatable bonds is 6. The van der Waals surface area contributed by atoms with E-state index >= 15 is 0 Å². The number of amides is 1. The molecule has 0 atom stereocenters. The third-order valence-corrected chi connectivity index (χ3v) is 5.35. The van der Waals surface area contributed by atoms with Crippen LogP contribution >= 0.6 is 35.0 Å². The minimum Gasteiger partial charge on any atom is -0.380 e. The van der Waals surface area contributed by atoms with Gasteiger partial charge in [0.2, 0.25) is 0 Å². The van der Waals surface area contributed by atoms with Crippen LogP contribution in [0.5, 0.6) is 0 Å². The molecule has 0 N–H and O–H groups in total. The van der Waals surface area contributed by atoms with Crippen molar-refractivity contribution in [3.8, 4) is 0 Å². The Labute approximate surface area is 172 Å². The number of hydrogen-bond donors (Lipinski definition) is 0. The van der Waals surface area contributed by atoms with Crippen molar-refractivity contribution in [2.45, 2.75) is 6.92 Å². The van der Waals surface area contributed by atoms with E-state index in [2.05, 4.69) is 4.99 Å². The number of carbonyl (C=O) groups is 1. The van der Waals surface area contributed by atoms with Crippen LogP contribution in [0.25, 0.3) is 6.08 Å². The first-order valence-electron chi connectivity index (χ1n) is 8.46. The Morgan fingerprint density at radius 2 is 1.96 bits per heavy atom. The van der Waals surface area contributed by atoms with E-state index in [0.717, 1.165) is 11.3 Å². The van der Waals surface area contributed by atoms with Gasteiger partial charge in [-0.15, -0.1) is 0 Å². The molecule has 1 aliphatic heterocycles. The lowest BCUT2D eigenvalue weighted by atomic mass is 10.2. The normalized spacial score (nSPS) is 17.3. The average Bonchev–Trinajstić information content (AvgIpc) is 2.94. The van der Waals surface area contributed by atoms with Gasteiger partial charge in [-0.25, -0.2) is 4.99 Å². The van der Waals surface area contributed by atoms with E-state index in [9.17, 15) is 4.79 Å². The Morgan fingerprint density at radius 3 is 2.67 bits per heavy atom. The van der Waals surface area contributed by atoms with Crippen molar-refractivity contribution >= 4 is 57.8 Å². The lowest BCUT2D eigenvalue weighted by Crippen LogP contribution is -2.32. The third kappa shape index (κ3) is 5.14. The van der Waals surface area contributed by atoms with E-state index in [-0.39, 0.29) is 5.91 Å². The van der Waals surface area contributed by atoms with E-state index in [0.29, 0.717) is 39.9 Å². The van der Waals surface area contributed by atoms with Crippen LogP contribution in [0, 0.1) is 0 Å². The molecule has 0 spiro atoms. The van der Waals surface area contributed by atoms with Gasteiger partial charge in [-0.05, 0) is 54.6 Å². The third-order valence-electron chi connectivity index (χ3n) is 3.78. The van der Waals surface area contributed by atoms with Gasteiger partial charge in [0.1, 0.15) is 0 Å². The first kappa shape index (κ1) is 20.0. The lowest BCUT2D eigenvalue weighted by Gasteiger charge is -2.15. The highest BCUT2D eigenvalue weighted by atomic mass is 35.5. The summed E-state index contributed by atoms with van der Waals surface area (Å²) < 4.78 is 5.41. The zero-order valence-electron chi connectivity index (χ0n) is 14.7. The van der Waals surface area contributed by atoms with Gasteiger partial charge in [0.05, 0.1) is 23.7 Å². The van der Waals surface area contributed by atoms with E-state index in [1.807, 2.05) is 37.3 Å². The fourth-order valence-corrected chi connectivity index (χ4v) is 3.94. The zero-order chi connectivity index (χ0) is 19.2. The number of halogens is 2. The first-order chi connectivity index (χ1) is 13.1. The second-order valence-electron chi connectivity index (χ2n) is 5.66. The van der Waals surface area contributed by atoms with Crippen LogP contribution in [0.3, 0.4) is 0 Å². The van der Waals surface area contributed by atoms with Crippen LogP contribution in [0.2, 0.25) is 10.0 Å². The Hall–Kier alpha value is -1.79. The number of hydrogen-bond acceptors (Lipinski definition) is 4. The van der Waals surface area contributed by atoms with E-state index in [1.165, 1.54) is 11.8 Å². The SMILES string of the molecule is CCOCCN1C(=O)/C(=C\c2ccc(Cl)cc2Cl)SC1=Nc1ccccc1. The molecule has 4 nitrogen and oxygen atoms in total. The van der Waals surface area contributed by atoms with Crippen LogP contribution in [-0.2, 0) is 9.53 Å². The summed E-state index contributed by atoms with van der Waals surface area (Å²) in [7, 11) is 0. The van der Waals surface area contributed by atoms with Crippen molar-refractivity contribution in [2.24, 2.45) is 4.99 Å². The van der Waals surface area contributed by atoms with Crippen molar-refractivity contribution < 1.29 is 9.53 Å². The number of ether oxygens (including phenoxy) is 1. The highest BCUT2D eigenvalue weighted by molar-refractivity contribution is 8.18. The van der Waals surface area contributed by atoms with Gasteiger partial charge in [0.25, 0.3) is 5.91 Å². The van der Waals surface area contributed by atoms with Gasteiger partial charge in [-0.2, -0.15) is 0 Å². The van der Waals surface area contributed by atoms with Gasteiger partial charge in [-0.3, -0.25) is 9.69 Å². The fraction of sp³-hybridized carbons (Fsp3) is 0.200. The standard InChI is InChI=1S/C20H18Cl2N2O2S/c1-2-26-11-10-24-19(25)18(12-14-8-9-15(21)13-17(14)22)27-20(24)23-16-6-4-3-5-7-16/h3-9,12-13H,2,10-11H2,1H3/b18-12+,23-20?. The molecular weight excluding hydrogens is 403 g/mol. The fourth-order valence-electron chi connectivity index (χ4n) is 2.46. The molecule has 0 unspecified atom stereocenters. The van der Waals surface area contributed by atoms with E-state index in [1.54, 1.807) is 29.2 Å². The maximum atomic E-state index is 12.9. The summed E-state index contributed by atoms with van der Waals surface area (Å²) >= 11 is 13.5. The van der Waals surface area contributed by atoms with Crippen LogP contribution in [0.1, 0.15) is 12.5 Å². The van der Waals surface area contributed by atoms with Crippen molar-refractivity contribution in [1.82, 2.24) is 4.90 Å². The predicted molar refractivity (Wildman–Crippen MR) is 114 cm³/mol. The average molecular weight is 421 g/mol. The number of aliphatic imine (C=N–C) groups is 1. The monoisotopic (exact) mass is 420 g/mol. The van der Waals surface area contributed by atoms with Crippen LogP contribution in [-0.4, -0.2) is 35.7 Å². The zero-order valence-corrected chi connectivity index (χ0v) is 17.0. The van der Waals surface area contributed by atoms with Gasteiger partial charge in [0.15, 0.2) is 5.17 Å². The summed E-state index contributed by atoms with van der Waals surface area (Å²) in [6.07, 6.45) is 1.77. The Balaban J connectivity index is 1.91. The summed E-state index contributed by atoms with van der Waals surface area (Å²) in [5.74, 6) is -0.111. The summed E-state index contributed by atoms with van der Waals surface area (Å²) in [5.41, 5.74) is 1.53. The minimum atomic E-state index is -0.111. The molecule has 7 heteroatoms. The van der Waals surface area contributed by atoms with Crippen molar-refractivity contribution in [3.05, 3.63) is 69.0 Å². The largest absolute Gasteiger partial charge is 0.380 e. The van der Waals surface area contributed by atoms with Gasteiger partial charge in [-0.1, -0.05) is 47.5 Å². The summed E-state index contributed by atoms with van der Waals surface area (Å²) in [5, 5.41) is 1.68. The molecule has 1 amide bonds. The molecule has 2 aromatic rings. The quantitative estimate of drug-likeness (QED) is 0.448. The molecule has 1 heterocycles. The number of carbonyl (C=O) groups excluding carboxylic acids is 1. The molecule has 27 heavy (non-hydrogen) atoms. The molecule has 1 fully saturated rings.